The van der Waals surface area contributed by atoms with Crippen LogP contribution in [-0.2, 0) is 16.1 Å². The fourth-order valence-corrected chi connectivity index (χ4v) is 2.82. The molecule has 1 fully saturated rings. The molecule has 0 aliphatic carbocycles. The van der Waals surface area contributed by atoms with E-state index >= 15 is 0 Å². The molecule has 1 aromatic carbocycles. The molecule has 0 spiro atoms. The van der Waals surface area contributed by atoms with Crippen molar-refractivity contribution in [3.8, 4) is 0 Å². The predicted octanol–water partition coefficient (Wildman–Crippen LogP) is 0.760. The average molecular weight is 286 g/mol. The zero-order valence-corrected chi connectivity index (χ0v) is 11.7. The van der Waals surface area contributed by atoms with E-state index in [4.69, 9.17) is 5.73 Å². The zero-order chi connectivity index (χ0) is 14.8. The second-order valence-corrected chi connectivity index (χ2v) is 5.44. The lowest BCUT2D eigenvalue weighted by atomic mass is 9.97. The number of likely N-dealkylation sites (tertiary alicyclic amines) is 1. The topological polar surface area (TPSA) is 81.2 Å². The quantitative estimate of drug-likeness (QED) is 0.904. The number of hydrogen-bond acceptors (Lipinski definition) is 3. The molecule has 6 nitrogen and oxygen atoms in total. The molecule has 21 heavy (non-hydrogen) atoms. The van der Waals surface area contributed by atoms with Gasteiger partial charge in [-0.3, -0.25) is 9.59 Å². The third kappa shape index (κ3) is 2.74. The average Bonchev–Trinajstić information content (AvgIpc) is 2.91. The van der Waals surface area contributed by atoms with Gasteiger partial charge in [0.15, 0.2) is 0 Å². The van der Waals surface area contributed by atoms with Crippen LogP contribution >= 0.6 is 0 Å². The minimum absolute atomic E-state index is 0.00380. The SMILES string of the molecule is NC(=O)C1CCCN(C(=O)Cn2cnc3ccccc32)C1. The van der Waals surface area contributed by atoms with Crippen LogP contribution in [0.2, 0.25) is 0 Å². The molecule has 1 aliphatic heterocycles. The van der Waals surface area contributed by atoms with Crippen molar-refractivity contribution in [2.75, 3.05) is 13.1 Å². The summed E-state index contributed by atoms with van der Waals surface area (Å²) in [6, 6.07) is 7.71. The first-order valence-corrected chi connectivity index (χ1v) is 7.12. The molecule has 3 rings (SSSR count). The van der Waals surface area contributed by atoms with Crippen molar-refractivity contribution in [1.82, 2.24) is 14.5 Å². The Morgan fingerprint density at radius 2 is 2.14 bits per heavy atom. The highest BCUT2D eigenvalue weighted by Gasteiger charge is 2.27. The molecule has 1 unspecified atom stereocenters. The first-order chi connectivity index (χ1) is 10.1. The van der Waals surface area contributed by atoms with Gasteiger partial charge in [0.1, 0.15) is 6.54 Å². The normalized spacial score (nSPS) is 18.9. The van der Waals surface area contributed by atoms with Gasteiger partial charge in [-0.1, -0.05) is 12.1 Å². The number of hydrogen-bond donors (Lipinski definition) is 1. The van der Waals surface area contributed by atoms with Crippen LogP contribution in [0.3, 0.4) is 0 Å². The van der Waals surface area contributed by atoms with Gasteiger partial charge in [0.05, 0.1) is 23.3 Å². The number of para-hydroxylation sites is 2. The van der Waals surface area contributed by atoms with E-state index in [-0.39, 0.29) is 24.3 Å². The summed E-state index contributed by atoms with van der Waals surface area (Å²) < 4.78 is 1.84. The van der Waals surface area contributed by atoms with Gasteiger partial charge in [-0.05, 0) is 25.0 Å². The number of amides is 2. The Morgan fingerprint density at radius 3 is 2.95 bits per heavy atom. The third-order valence-corrected chi connectivity index (χ3v) is 4.01. The molecule has 0 radical (unpaired) electrons. The lowest BCUT2D eigenvalue weighted by molar-refractivity contribution is -0.135. The first-order valence-electron chi connectivity index (χ1n) is 7.12. The van der Waals surface area contributed by atoms with Crippen molar-refractivity contribution in [1.29, 1.82) is 0 Å². The number of aromatic nitrogens is 2. The van der Waals surface area contributed by atoms with Crippen molar-refractivity contribution in [2.45, 2.75) is 19.4 Å². The zero-order valence-electron chi connectivity index (χ0n) is 11.7. The molecule has 0 bridgehead atoms. The van der Waals surface area contributed by atoms with Gasteiger partial charge in [0, 0.05) is 13.1 Å². The molecule has 2 N–H and O–H groups in total. The monoisotopic (exact) mass is 286 g/mol. The number of nitrogens with two attached hydrogens (primary N) is 1. The van der Waals surface area contributed by atoms with E-state index in [2.05, 4.69) is 4.98 Å². The lowest BCUT2D eigenvalue weighted by Crippen LogP contribution is -2.45. The molecule has 1 atom stereocenters. The van der Waals surface area contributed by atoms with Gasteiger partial charge in [0.25, 0.3) is 0 Å². The second-order valence-electron chi connectivity index (χ2n) is 5.44. The fourth-order valence-electron chi connectivity index (χ4n) is 2.82. The Morgan fingerprint density at radius 1 is 1.33 bits per heavy atom. The molecule has 6 heteroatoms. The number of rotatable bonds is 3. The Labute approximate surface area is 122 Å². The van der Waals surface area contributed by atoms with E-state index in [0.29, 0.717) is 13.1 Å². The number of imidazole rings is 1. The van der Waals surface area contributed by atoms with Crippen molar-refractivity contribution in [3.63, 3.8) is 0 Å². The number of carbonyl (C=O) groups is 2. The maximum atomic E-state index is 12.4. The van der Waals surface area contributed by atoms with Crippen LogP contribution in [0.1, 0.15) is 12.8 Å². The highest BCUT2D eigenvalue weighted by Crippen LogP contribution is 2.17. The van der Waals surface area contributed by atoms with Gasteiger partial charge in [-0.15, -0.1) is 0 Å². The van der Waals surface area contributed by atoms with Gasteiger partial charge in [0.2, 0.25) is 11.8 Å². The van der Waals surface area contributed by atoms with Gasteiger partial charge in [-0.2, -0.15) is 0 Å². The highest BCUT2D eigenvalue weighted by molar-refractivity contribution is 5.82. The lowest BCUT2D eigenvalue weighted by Gasteiger charge is -2.31. The number of carbonyl (C=O) groups excluding carboxylic acids is 2. The first kappa shape index (κ1) is 13.6. The minimum atomic E-state index is -0.319. The fraction of sp³-hybridized carbons (Fsp3) is 0.400. The van der Waals surface area contributed by atoms with Crippen LogP contribution < -0.4 is 5.73 Å². The van der Waals surface area contributed by atoms with Crippen molar-refractivity contribution in [2.24, 2.45) is 11.7 Å². The molecule has 2 amide bonds. The largest absolute Gasteiger partial charge is 0.369 e. The van der Waals surface area contributed by atoms with Gasteiger partial charge < -0.3 is 15.2 Å². The highest BCUT2D eigenvalue weighted by atomic mass is 16.2. The number of primary amides is 1. The van der Waals surface area contributed by atoms with Crippen molar-refractivity contribution >= 4 is 22.8 Å². The summed E-state index contributed by atoms with van der Waals surface area (Å²) in [5, 5.41) is 0. The molecule has 2 heterocycles. The summed E-state index contributed by atoms with van der Waals surface area (Å²) in [6.07, 6.45) is 3.27. The Balaban J connectivity index is 1.72. The van der Waals surface area contributed by atoms with Crippen molar-refractivity contribution < 1.29 is 9.59 Å². The maximum Gasteiger partial charge on any atom is 0.242 e. The molecule has 0 saturated carbocycles. The molecule has 110 valence electrons. The van der Waals surface area contributed by atoms with Crippen molar-refractivity contribution in [3.05, 3.63) is 30.6 Å². The van der Waals surface area contributed by atoms with Crippen LogP contribution in [0, 0.1) is 5.92 Å². The van der Waals surface area contributed by atoms with E-state index in [1.54, 1.807) is 11.2 Å². The van der Waals surface area contributed by atoms with Gasteiger partial charge >= 0.3 is 0 Å². The third-order valence-electron chi connectivity index (χ3n) is 4.01. The predicted molar refractivity (Wildman–Crippen MR) is 78.2 cm³/mol. The Bertz CT molecular complexity index is 679. The van der Waals surface area contributed by atoms with Crippen LogP contribution in [0.25, 0.3) is 11.0 Å². The summed E-state index contributed by atoms with van der Waals surface area (Å²) in [4.78, 5) is 29.7. The molecule has 1 aromatic heterocycles. The van der Waals surface area contributed by atoms with E-state index in [9.17, 15) is 9.59 Å². The maximum absolute atomic E-state index is 12.4. The van der Waals surface area contributed by atoms with E-state index < -0.39 is 0 Å². The van der Waals surface area contributed by atoms with Gasteiger partial charge in [-0.25, -0.2) is 4.98 Å². The molecular weight excluding hydrogens is 268 g/mol. The summed E-state index contributed by atoms with van der Waals surface area (Å²) in [7, 11) is 0. The standard InChI is InChI=1S/C15H18N4O2/c16-15(21)11-4-3-7-18(8-11)14(20)9-19-10-17-12-5-1-2-6-13(12)19/h1-2,5-6,10-11H,3-4,7-9H2,(H2,16,21). The summed E-state index contributed by atoms with van der Waals surface area (Å²) in [5.41, 5.74) is 7.16. The molecule has 2 aromatic rings. The number of piperidine rings is 1. The molecule has 1 aliphatic rings. The minimum Gasteiger partial charge on any atom is -0.369 e. The Hall–Kier alpha value is -2.37. The number of benzene rings is 1. The van der Waals surface area contributed by atoms with E-state index in [1.165, 1.54) is 0 Å². The van der Waals surface area contributed by atoms with E-state index in [1.807, 2.05) is 28.8 Å². The van der Waals surface area contributed by atoms with Crippen LogP contribution in [0.15, 0.2) is 30.6 Å². The van der Waals surface area contributed by atoms with E-state index in [0.717, 1.165) is 23.9 Å². The second kappa shape index (κ2) is 5.55. The van der Waals surface area contributed by atoms with Crippen LogP contribution in [0.5, 0.6) is 0 Å². The Kier molecular flexibility index (Phi) is 3.60. The number of nitrogens with zero attached hydrogens (tertiary/aromatic N) is 3. The van der Waals surface area contributed by atoms with Crippen LogP contribution in [-0.4, -0.2) is 39.4 Å². The smallest absolute Gasteiger partial charge is 0.242 e. The molecular formula is C15H18N4O2. The summed E-state index contributed by atoms with van der Waals surface area (Å²) >= 11 is 0. The van der Waals surface area contributed by atoms with Crippen LogP contribution in [0.4, 0.5) is 0 Å². The summed E-state index contributed by atoms with van der Waals surface area (Å²) in [6.45, 7) is 1.36. The summed E-state index contributed by atoms with van der Waals surface area (Å²) in [5.74, 6) is -0.535. The molecule has 1 saturated heterocycles. The number of fused-ring (bicyclic) bond motifs is 1.